The Balaban J connectivity index is 5.43. The maximum Gasteiger partial charge on any atom is 0.326 e. The molecule has 0 saturated carbocycles. The summed E-state index contributed by atoms with van der Waals surface area (Å²) in [4.78, 5) is 59.4. The van der Waals surface area contributed by atoms with Crippen molar-refractivity contribution in [2.24, 2.45) is 17.4 Å². The van der Waals surface area contributed by atoms with Gasteiger partial charge >= 0.3 is 5.97 Å². The number of amides is 4. The standard InChI is InChI=1S/C17H31N5O8/c1-7(2)4-11(17(29)30)21-15(27)10(5-12(19)25)20-16(28)13(8(3)24)22-14(26)9(18)6-23/h7-11,13,23-24H,4-6,18H2,1-3H3,(H2,19,25)(H,20,28)(H,21,27)(H,22,26)(H,29,30). The first kappa shape index (κ1) is 27.2. The van der Waals surface area contributed by atoms with Crippen LogP contribution in [0.15, 0.2) is 0 Å². The van der Waals surface area contributed by atoms with Crippen LogP contribution in [0.25, 0.3) is 0 Å². The van der Waals surface area contributed by atoms with E-state index in [1.165, 1.54) is 6.92 Å². The number of aliphatic hydroxyl groups excluding tert-OH is 2. The van der Waals surface area contributed by atoms with Gasteiger partial charge in [0.2, 0.25) is 23.6 Å². The molecule has 30 heavy (non-hydrogen) atoms. The fourth-order valence-electron chi connectivity index (χ4n) is 2.39. The SMILES string of the molecule is CC(C)CC(NC(=O)C(CC(N)=O)NC(=O)C(NC(=O)C(N)CO)C(C)O)C(=O)O. The summed E-state index contributed by atoms with van der Waals surface area (Å²) < 4.78 is 0. The summed E-state index contributed by atoms with van der Waals surface area (Å²) in [7, 11) is 0. The minimum Gasteiger partial charge on any atom is -0.480 e. The second-order valence-electron chi connectivity index (χ2n) is 7.28. The van der Waals surface area contributed by atoms with Crippen LogP contribution in [0.4, 0.5) is 0 Å². The fourth-order valence-corrected chi connectivity index (χ4v) is 2.39. The lowest BCUT2D eigenvalue weighted by Crippen LogP contribution is -2.60. The summed E-state index contributed by atoms with van der Waals surface area (Å²) in [6, 6.07) is -5.73. The Morgan fingerprint density at radius 2 is 1.43 bits per heavy atom. The van der Waals surface area contributed by atoms with E-state index in [0.717, 1.165) is 0 Å². The highest BCUT2D eigenvalue weighted by Gasteiger charge is 2.33. The van der Waals surface area contributed by atoms with Crippen molar-refractivity contribution in [1.29, 1.82) is 0 Å². The van der Waals surface area contributed by atoms with Crippen molar-refractivity contribution < 1.29 is 39.3 Å². The van der Waals surface area contributed by atoms with Gasteiger partial charge < -0.3 is 42.7 Å². The van der Waals surface area contributed by atoms with E-state index < -0.39 is 72.9 Å². The molecule has 0 saturated heterocycles. The van der Waals surface area contributed by atoms with Gasteiger partial charge in [-0.05, 0) is 19.3 Å². The van der Waals surface area contributed by atoms with Gasteiger partial charge in [-0.1, -0.05) is 13.8 Å². The maximum atomic E-state index is 12.5. The number of aliphatic hydroxyl groups is 2. The molecule has 5 atom stereocenters. The molecule has 172 valence electrons. The lowest BCUT2D eigenvalue weighted by atomic mass is 10.0. The number of nitrogens with two attached hydrogens (primary N) is 2. The highest BCUT2D eigenvalue weighted by molar-refractivity contribution is 5.96. The average molecular weight is 433 g/mol. The van der Waals surface area contributed by atoms with Crippen molar-refractivity contribution in [2.75, 3.05) is 6.61 Å². The summed E-state index contributed by atoms with van der Waals surface area (Å²) in [6.07, 6.45) is -1.98. The van der Waals surface area contributed by atoms with Crippen molar-refractivity contribution in [2.45, 2.75) is 63.9 Å². The monoisotopic (exact) mass is 433 g/mol. The van der Waals surface area contributed by atoms with E-state index in [1.54, 1.807) is 13.8 Å². The zero-order chi connectivity index (χ0) is 23.6. The summed E-state index contributed by atoms with van der Waals surface area (Å²) in [5.41, 5.74) is 10.4. The molecular formula is C17H31N5O8. The van der Waals surface area contributed by atoms with Gasteiger partial charge in [0, 0.05) is 0 Å². The van der Waals surface area contributed by atoms with Crippen molar-refractivity contribution in [3.63, 3.8) is 0 Å². The number of nitrogens with one attached hydrogen (secondary N) is 3. The molecule has 0 aliphatic heterocycles. The molecule has 13 nitrogen and oxygen atoms in total. The van der Waals surface area contributed by atoms with E-state index in [4.69, 9.17) is 16.6 Å². The Kier molecular flexibility index (Phi) is 11.5. The van der Waals surface area contributed by atoms with Crippen LogP contribution in [0.3, 0.4) is 0 Å². The van der Waals surface area contributed by atoms with Crippen LogP contribution in [0, 0.1) is 5.92 Å². The van der Waals surface area contributed by atoms with Gasteiger partial charge in [-0.15, -0.1) is 0 Å². The van der Waals surface area contributed by atoms with Crippen molar-refractivity contribution in [3.8, 4) is 0 Å². The summed E-state index contributed by atoms with van der Waals surface area (Å²) in [5, 5.41) is 34.5. The largest absolute Gasteiger partial charge is 0.480 e. The summed E-state index contributed by atoms with van der Waals surface area (Å²) in [6.45, 7) is 3.97. The van der Waals surface area contributed by atoms with E-state index in [2.05, 4.69) is 16.0 Å². The van der Waals surface area contributed by atoms with Gasteiger partial charge in [0.1, 0.15) is 24.2 Å². The first-order valence-electron chi connectivity index (χ1n) is 9.26. The highest BCUT2D eigenvalue weighted by atomic mass is 16.4. The van der Waals surface area contributed by atoms with Gasteiger partial charge in [0.15, 0.2) is 0 Å². The van der Waals surface area contributed by atoms with Crippen LogP contribution in [0.2, 0.25) is 0 Å². The Morgan fingerprint density at radius 1 is 0.900 bits per heavy atom. The number of rotatable bonds is 13. The highest BCUT2D eigenvalue weighted by Crippen LogP contribution is 2.06. The zero-order valence-electron chi connectivity index (χ0n) is 17.1. The van der Waals surface area contributed by atoms with Gasteiger partial charge in [-0.25, -0.2) is 4.79 Å². The Bertz CT molecular complexity index is 640. The number of aliphatic carboxylic acids is 1. The lowest BCUT2D eigenvalue weighted by molar-refractivity contribution is -0.143. The van der Waals surface area contributed by atoms with Gasteiger partial charge in [0.25, 0.3) is 0 Å². The van der Waals surface area contributed by atoms with E-state index in [0.29, 0.717) is 0 Å². The molecule has 0 aromatic heterocycles. The average Bonchev–Trinajstić information content (AvgIpc) is 2.62. The molecule has 0 aromatic rings. The molecule has 0 bridgehead atoms. The molecule has 0 fully saturated rings. The molecule has 0 aromatic carbocycles. The molecule has 0 aliphatic carbocycles. The second kappa shape index (κ2) is 12.7. The normalized spacial score (nSPS) is 16.0. The van der Waals surface area contributed by atoms with Gasteiger partial charge in [0.05, 0.1) is 19.1 Å². The first-order valence-corrected chi connectivity index (χ1v) is 9.26. The van der Waals surface area contributed by atoms with E-state index in [-0.39, 0.29) is 12.3 Å². The molecule has 5 unspecified atom stereocenters. The minimum atomic E-state index is -1.57. The number of hydrogen-bond acceptors (Lipinski definition) is 8. The quantitative estimate of drug-likeness (QED) is 0.142. The van der Waals surface area contributed by atoms with Crippen molar-refractivity contribution in [1.82, 2.24) is 16.0 Å². The molecule has 10 N–H and O–H groups in total. The molecule has 0 radical (unpaired) electrons. The number of hydrogen-bond donors (Lipinski definition) is 8. The van der Waals surface area contributed by atoms with Crippen molar-refractivity contribution in [3.05, 3.63) is 0 Å². The summed E-state index contributed by atoms with van der Waals surface area (Å²) in [5.74, 6) is -5.27. The van der Waals surface area contributed by atoms with E-state index in [1.807, 2.05) is 0 Å². The maximum absolute atomic E-state index is 12.5. The zero-order valence-corrected chi connectivity index (χ0v) is 17.1. The van der Waals surface area contributed by atoms with Crippen LogP contribution in [-0.2, 0) is 24.0 Å². The molecule has 4 amide bonds. The number of carboxylic acid groups (broad SMARTS) is 1. The summed E-state index contributed by atoms with van der Waals surface area (Å²) >= 11 is 0. The second-order valence-corrected chi connectivity index (χ2v) is 7.28. The van der Waals surface area contributed by atoms with Crippen LogP contribution >= 0.6 is 0 Å². The molecule has 0 heterocycles. The molecular weight excluding hydrogens is 402 g/mol. The smallest absolute Gasteiger partial charge is 0.326 e. The van der Waals surface area contributed by atoms with Crippen LogP contribution < -0.4 is 27.4 Å². The Hall–Kier alpha value is -2.77. The number of carboxylic acids is 1. The molecule has 0 aliphatic rings. The number of carbonyl (C=O) groups excluding carboxylic acids is 4. The van der Waals surface area contributed by atoms with Gasteiger partial charge in [-0.3, -0.25) is 19.2 Å². The Labute approximate surface area is 173 Å². The number of primary amides is 1. The minimum absolute atomic E-state index is 0.0684. The molecule has 13 heteroatoms. The predicted molar refractivity (Wildman–Crippen MR) is 103 cm³/mol. The topological polar surface area (TPSA) is 234 Å². The Morgan fingerprint density at radius 3 is 1.83 bits per heavy atom. The predicted octanol–water partition coefficient (Wildman–Crippen LogP) is -3.85. The fraction of sp³-hybridized carbons (Fsp3) is 0.706. The van der Waals surface area contributed by atoms with Crippen LogP contribution in [-0.4, -0.2) is 81.8 Å². The van der Waals surface area contributed by atoms with E-state index in [9.17, 15) is 34.2 Å². The number of carbonyl (C=O) groups is 5. The third-order valence-electron chi connectivity index (χ3n) is 3.96. The lowest BCUT2D eigenvalue weighted by Gasteiger charge is -2.26. The third-order valence-corrected chi connectivity index (χ3v) is 3.96. The van der Waals surface area contributed by atoms with Crippen LogP contribution in [0.1, 0.15) is 33.6 Å². The molecule has 0 rings (SSSR count). The first-order chi connectivity index (χ1) is 13.8. The van der Waals surface area contributed by atoms with Crippen LogP contribution in [0.5, 0.6) is 0 Å². The third kappa shape index (κ3) is 9.62. The van der Waals surface area contributed by atoms with Gasteiger partial charge in [-0.2, -0.15) is 0 Å². The van der Waals surface area contributed by atoms with E-state index >= 15 is 0 Å². The molecule has 0 spiro atoms. The van der Waals surface area contributed by atoms with Crippen molar-refractivity contribution >= 4 is 29.6 Å².